The third kappa shape index (κ3) is 2.50. The summed E-state index contributed by atoms with van der Waals surface area (Å²) >= 11 is 0. The zero-order valence-electron chi connectivity index (χ0n) is 13.2. The molecule has 4 heterocycles. The smallest absolute Gasteiger partial charge is 0.265 e. The molecule has 7 heteroatoms. The van der Waals surface area contributed by atoms with Gasteiger partial charge in [0, 0.05) is 25.1 Å². The van der Waals surface area contributed by atoms with Crippen LogP contribution in [0.4, 0.5) is 0 Å². The number of aromatic nitrogens is 4. The predicted molar refractivity (Wildman–Crippen MR) is 94.0 cm³/mol. The summed E-state index contributed by atoms with van der Waals surface area (Å²) in [5, 5.41) is 9.75. The molecule has 4 rings (SSSR count). The molecule has 0 unspecified atom stereocenters. The summed E-state index contributed by atoms with van der Waals surface area (Å²) < 4.78 is 2.82. The topological polar surface area (TPSA) is 90.0 Å². The second-order valence-electron chi connectivity index (χ2n) is 5.57. The summed E-state index contributed by atoms with van der Waals surface area (Å²) in [6.45, 7) is 0.0542. The number of aliphatic hydroxyl groups is 1. The summed E-state index contributed by atoms with van der Waals surface area (Å²) in [4.78, 5) is 34.0. The number of aliphatic hydroxyl groups excluding tert-OH is 1. The SMILES string of the molecule is O=c1c2cc3c(=O)n(-c4ccccn4)ccc3nc2ccn1CCO. The van der Waals surface area contributed by atoms with Crippen LogP contribution in [0.2, 0.25) is 0 Å². The fourth-order valence-corrected chi connectivity index (χ4v) is 2.83. The lowest BCUT2D eigenvalue weighted by Gasteiger charge is -2.08. The zero-order valence-corrected chi connectivity index (χ0v) is 13.2. The van der Waals surface area contributed by atoms with Crippen LogP contribution in [0.25, 0.3) is 27.6 Å². The Hall–Kier alpha value is -3.32. The van der Waals surface area contributed by atoms with E-state index in [1.165, 1.54) is 9.13 Å². The van der Waals surface area contributed by atoms with E-state index in [0.29, 0.717) is 27.6 Å². The van der Waals surface area contributed by atoms with Crippen LogP contribution in [0, 0.1) is 0 Å². The normalized spacial score (nSPS) is 11.2. The summed E-state index contributed by atoms with van der Waals surface area (Å²) in [6, 6.07) is 10.3. The molecule has 1 N–H and O–H groups in total. The first-order valence-electron chi connectivity index (χ1n) is 7.77. The first-order chi connectivity index (χ1) is 12.2. The fourth-order valence-electron chi connectivity index (χ4n) is 2.83. The van der Waals surface area contributed by atoms with Crippen molar-refractivity contribution in [2.75, 3.05) is 6.61 Å². The molecular formula is C18H14N4O3. The molecule has 0 aliphatic rings. The van der Waals surface area contributed by atoms with Crippen molar-refractivity contribution < 1.29 is 5.11 Å². The minimum absolute atomic E-state index is 0.140. The average Bonchev–Trinajstić information content (AvgIpc) is 2.64. The molecule has 0 aliphatic heterocycles. The highest BCUT2D eigenvalue weighted by molar-refractivity contribution is 5.91. The van der Waals surface area contributed by atoms with Crippen LogP contribution in [-0.2, 0) is 6.54 Å². The van der Waals surface area contributed by atoms with E-state index in [9.17, 15) is 9.59 Å². The quantitative estimate of drug-likeness (QED) is 0.566. The molecule has 0 radical (unpaired) electrons. The molecule has 124 valence electrons. The zero-order chi connectivity index (χ0) is 17.4. The highest BCUT2D eigenvalue weighted by Crippen LogP contribution is 2.15. The van der Waals surface area contributed by atoms with Gasteiger partial charge in [0.05, 0.1) is 28.4 Å². The van der Waals surface area contributed by atoms with Crippen molar-refractivity contribution in [2.45, 2.75) is 6.54 Å². The van der Waals surface area contributed by atoms with E-state index >= 15 is 0 Å². The van der Waals surface area contributed by atoms with Gasteiger partial charge in [-0.25, -0.2) is 9.97 Å². The van der Waals surface area contributed by atoms with Crippen LogP contribution in [0.1, 0.15) is 0 Å². The van der Waals surface area contributed by atoms with Gasteiger partial charge in [-0.3, -0.25) is 14.2 Å². The number of fused-ring (bicyclic) bond motifs is 2. The lowest BCUT2D eigenvalue weighted by atomic mass is 10.2. The third-order valence-corrected chi connectivity index (χ3v) is 4.05. The summed E-state index contributed by atoms with van der Waals surface area (Å²) in [5.41, 5.74) is 0.460. The van der Waals surface area contributed by atoms with Crippen LogP contribution in [0.15, 0.2) is 64.6 Å². The maximum absolute atomic E-state index is 12.8. The molecule has 0 bridgehead atoms. The van der Waals surface area contributed by atoms with Crippen LogP contribution >= 0.6 is 0 Å². The number of hydrogen-bond acceptors (Lipinski definition) is 5. The first kappa shape index (κ1) is 15.2. The van der Waals surface area contributed by atoms with Gasteiger partial charge in [-0.1, -0.05) is 6.07 Å². The van der Waals surface area contributed by atoms with Gasteiger partial charge in [0.2, 0.25) is 0 Å². The van der Waals surface area contributed by atoms with Crippen molar-refractivity contribution in [3.8, 4) is 5.82 Å². The standard InChI is InChI=1S/C18H14N4O3/c23-10-9-21-7-4-14-12(17(21)24)11-13-15(20-14)5-8-22(18(13)25)16-3-1-2-6-19-16/h1-8,11,23H,9-10H2. The molecule has 0 spiro atoms. The van der Waals surface area contributed by atoms with Gasteiger partial charge < -0.3 is 9.67 Å². The molecule has 4 aromatic rings. The highest BCUT2D eigenvalue weighted by Gasteiger charge is 2.10. The molecule has 4 aromatic heterocycles. The monoisotopic (exact) mass is 334 g/mol. The van der Waals surface area contributed by atoms with Crippen LogP contribution in [0.5, 0.6) is 0 Å². The second-order valence-corrected chi connectivity index (χ2v) is 5.57. The van der Waals surface area contributed by atoms with E-state index in [4.69, 9.17) is 5.11 Å². The predicted octanol–water partition coefficient (Wildman–Crippen LogP) is 1.09. The number of hydrogen-bond donors (Lipinski definition) is 1. The number of pyridine rings is 4. The Bertz CT molecular complexity index is 1200. The molecule has 7 nitrogen and oxygen atoms in total. The third-order valence-electron chi connectivity index (χ3n) is 4.05. The molecule has 0 atom stereocenters. The van der Waals surface area contributed by atoms with Gasteiger partial charge in [0.25, 0.3) is 11.1 Å². The number of nitrogens with zero attached hydrogens (tertiary/aromatic N) is 4. The average molecular weight is 334 g/mol. The number of rotatable bonds is 3. The van der Waals surface area contributed by atoms with Crippen molar-refractivity contribution in [3.63, 3.8) is 0 Å². The Balaban J connectivity index is 2.03. The summed E-state index contributed by atoms with van der Waals surface area (Å²) in [7, 11) is 0. The summed E-state index contributed by atoms with van der Waals surface area (Å²) in [6.07, 6.45) is 4.83. The molecule has 0 aliphatic carbocycles. The van der Waals surface area contributed by atoms with E-state index in [-0.39, 0.29) is 24.3 Å². The van der Waals surface area contributed by atoms with Gasteiger partial charge in [0.15, 0.2) is 0 Å². The van der Waals surface area contributed by atoms with Crippen molar-refractivity contribution in [2.24, 2.45) is 0 Å². The maximum atomic E-state index is 12.8. The van der Waals surface area contributed by atoms with Crippen LogP contribution < -0.4 is 11.1 Å². The second kappa shape index (κ2) is 5.95. The minimum atomic E-state index is -0.289. The van der Waals surface area contributed by atoms with Gasteiger partial charge in [-0.2, -0.15) is 0 Å². The Morgan fingerprint density at radius 2 is 1.72 bits per heavy atom. The Labute approximate surface area is 141 Å². The molecule has 0 saturated carbocycles. The van der Waals surface area contributed by atoms with Gasteiger partial charge in [-0.05, 0) is 30.3 Å². The Kier molecular flexibility index (Phi) is 3.62. The molecular weight excluding hydrogens is 320 g/mol. The summed E-state index contributed by atoms with van der Waals surface area (Å²) in [5.74, 6) is 0.500. The van der Waals surface area contributed by atoms with Crippen molar-refractivity contribution >= 4 is 21.8 Å². The van der Waals surface area contributed by atoms with Crippen LogP contribution in [-0.4, -0.2) is 30.8 Å². The molecule has 0 saturated heterocycles. The van der Waals surface area contributed by atoms with Gasteiger partial charge in [-0.15, -0.1) is 0 Å². The Morgan fingerprint density at radius 3 is 2.44 bits per heavy atom. The van der Waals surface area contributed by atoms with E-state index in [1.807, 2.05) is 0 Å². The van der Waals surface area contributed by atoms with E-state index < -0.39 is 0 Å². The van der Waals surface area contributed by atoms with Crippen molar-refractivity contribution in [1.29, 1.82) is 0 Å². The van der Waals surface area contributed by atoms with E-state index in [2.05, 4.69) is 9.97 Å². The molecule has 0 amide bonds. The fraction of sp³-hybridized carbons (Fsp3) is 0.111. The molecule has 0 fully saturated rings. The largest absolute Gasteiger partial charge is 0.395 e. The highest BCUT2D eigenvalue weighted by atomic mass is 16.3. The Morgan fingerprint density at radius 1 is 0.960 bits per heavy atom. The molecule has 25 heavy (non-hydrogen) atoms. The lowest BCUT2D eigenvalue weighted by molar-refractivity contribution is 0.274. The van der Waals surface area contributed by atoms with E-state index in [0.717, 1.165) is 0 Å². The van der Waals surface area contributed by atoms with Crippen molar-refractivity contribution in [1.82, 2.24) is 19.1 Å². The minimum Gasteiger partial charge on any atom is -0.395 e. The molecule has 0 aromatic carbocycles. The van der Waals surface area contributed by atoms with Gasteiger partial charge >= 0.3 is 0 Å². The van der Waals surface area contributed by atoms with Crippen LogP contribution in [0.3, 0.4) is 0 Å². The van der Waals surface area contributed by atoms with Crippen molar-refractivity contribution in [3.05, 3.63) is 75.7 Å². The maximum Gasteiger partial charge on any atom is 0.265 e. The van der Waals surface area contributed by atoms with Gasteiger partial charge in [0.1, 0.15) is 5.82 Å². The van der Waals surface area contributed by atoms with E-state index in [1.54, 1.807) is 55.0 Å². The lowest BCUT2D eigenvalue weighted by Crippen LogP contribution is -2.22. The first-order valence-corrected chi connectivity index (χ1v) is 7.77.